The SMILES string of the molecule is CCOCCOCC(=O)NCC(=O)NC1CCC(C(=O)C(C)C)CC1. The molecule has 0 aromatic carbocycles. The van der Waals surface area contributed by atoms with Gasteiger partial charge in [0.1, 0.15) is 12.4 Å². The maximum Gasteiger partial charge on any atom is 0.246 e. The Hall–Kier alpha value is -1.47. The Bertz CT molecular complexity index is 431. The van der Waals surface area contributed by atoms with E-state index in [0.29, 0.717) is 25.6 Å². The normalized spacial score (nSPS) is 20.3. The Labute approximate surface area is 150 Å². The number of nitrogens with one attached hydrogen (secondary N) is 2. The van der Waals surface area contributed by atoms with E-state index in [9.17, 15) is 14.4 Å². The summed E-state index contributed by atoms with van der Waals surface area (Å²) in [5.74, 6) is -0.00985. The zero-order valence-electron chi connectivity index (χ0n) is 15.6. The highest BCUT2D eigenvalue weighted by Crippen LogP contribution is 2.27. The molecule has 1 saturated carbocycles. The molecule has 0 aromatic rings. The standard InChI is InChI=1S/C18H32N2O5/c1-4-24-9-10-25-12-17(22)19-11-16(21)20-15-7-5-14(6-8-15)18(23)13(2)3/h13-15H,4-12H2,1-3H3,(H,19,22)(H,20,21). The van der Waals surface area contributed by atoms with Crippen LogP contribution in [-0.2, 0) is 23.9 Å². The first kappa shape index (κ1) is 21.6. The van der Waals surface area contributed by atoms with Gasteiger partial charge in [0, 0.05) is 24.5 Å². The third-order valence-electron chi connectivity index (χ3n) is 4.32. The number of carbonyl (C=O) groups excluding carboxylic acids is 3. The van der Waals surface area contributed by atoms with Crippen LogP contribution in [0.3, 0.4) is 0 Å². The van der Waals surface area contributed by atoms with E-state index in [1.54, 1.807) is 0 Å². The van der Waals surface area contributed by atoms with Crippen molar-refractivity contribution in [3.8, 4) is 0 Å². The van der Waals surface area contributed by atoms with Crippen molar-refractivity contribution < 1.29 is 23.9 Å². The fourth-order valence-electron chi connectivity index (χ4n) is 2.93. The predicted octanol–water partition coefficient (Wildman–Crippen LogP) is 1.06. The van der Waals surface area contributed by atoms with Crippen molar-refractivity contribution in [1.82, 2.24) is 10.6 Å². The Morgan fingerprint density at radius 1 is 1.00 bits per heavy atom. The highest BCUT2D eigenvalue weighted by Gasteiger charge is 2.28. The first-order chi connectivity index (χ1) is 11.9. The van der Waals surface area contributed by atoms with Gasteiger partial charge in [-0.1, -0.05) is 13.8 Å². The highest BCUT2D eigenvalue weighted by molar-refractivity contribution is 5.85. The molecule has 7 heteroatoms. The Balaban J connectivity index is 2.13. The molecule has 0 saturated heterocycles. The summed E-state index contributed by atoms with van der Waals surface area (Å²) in [7, 11) is 0. The lowest BCUT2D eigenvalue weighted by atomic mass is 9.80. The van der Waals surface area contributed by atoms with Crippen molar-refractivity contribution in [2.75, 3.05) is 33.0 Å². The molecule has 2 N–H and O–H groups in total. The first-order valence-electron chi connectivity index (χ1n) is 9.19. The van der Waals surface area contributed by atoms with Crippen molar-refractivity contribution in [1.29, 1.82) is 0 Å². The summed E-state index contributed by atoms with van der Waals surface area (Å²) in [4.78, 5) is 35.5. The fraction of sp³-hybridized carbons (Fsp3) is 0.833. The van der Waals surface area contributed by atoms with Crippen molar-refractivity contribution in [3.63, 3.8) is 0 Å². The molecule has 0 radical (unpaired) electrons. The minimum Gasteiger partial charge on any atom is -0.379 e. The van der Waals surface area contributed by atoms with E-state index in [4.69, 9.17) is 9.47 Å². The van der Waals surface area contributed by atoms with Gasteiger partial charge in [-0.15, -0.1) is 0 Å². The van der Waals surface area contributed by atoms with Gasteiger partial charge in [0.15, 0.2) is 0 Å². The molecule has 7 nitrogen and oxygen atoms in total. The van der Waals surface area contributed by atoms with Crippen LogP contribution in [0, 0.1) is 11.8 Å². The number of hydrogen-bond donors (Lipinski definition) is 2. The quantitative estimate of drug-likeness (QED) is 0.540. The second kappa shape index (κ2) is 12.0. The van der Waals surface area contributed by atoms with Gasteiger partial charge in [-0.25, -0.2) is 0 Å². The third-order valence-corrected chi connectivity index (χ3v) is 4.32. The predicted molar refractivity (Wildman–Crippen MR) is 94.1 cm³/mol. The lowest BCUT2D eigenvalue weighted by molar-refractivity contribution is -0.130. The lowest BCUT2D eigenvalue weighted by Gasteiger charge is -2.29. The molecule has 0 heterocycles. The van der Waals surface area contributed by atoms with Crippen molar-refractivity contribution >= 4 is 17.6 Å². The smallest absolute Gasteiger partial charge is 0.246 e. The molecule has 25 heavy (non-hydrogen) atoms. The molecule has 1 aliphatic carbocycles. The van der Waals surface area contributed by atoms with Crippen LogP contribution in [0.1, 0.15) is 46.5 Å². The van der Waals surface area contributed by atoms with Gasteiger partial charge < -0.3 is 20.1 Å². The number of carbonyl (C=O) groups is 3. The highest BCUT2D eigenvalue weighted by atomic mass is 16.5. The molecule has 2 amide bonds. The van der Waals surface area contributed by atoms with E-state index in [0.717, 1.165) is 25.7 Å². The minimum absolute atomic E-state index is 0.0570. The van der Waals surface area contributed by atoms with Gasteiger partial charge in [-0.2, -0.15) is 0 Å². The fourth-order valence-corrected chi connectivity index (χ4v) is 2.93. The summed E-state index contributed by atoms with van der Waals surface area (Å²) in [6, 6.07) is 0.0862. The number of ether oxygens (including phenoxy) is 2. The Kier molecular flexibility index (Phi) is 10.3. The molecule has 1 rings (SSSR count). The molecular formula is C18H32N2O5. The van der Waals surface area contributed by atoms with E-state index in [1.807, 2.05) is 20.8 Å². The summed E-state index contributed by atoms with van der Waals surface area (Å²) in [6.45, 7) is 7.03. The molecular weight excluding hydrogens is 324 g/mol. The summed E-state index contributed by atoms with van der Waals surface area (Å²) >= 11 is 0. The zero-order valence-corrected chi connectivity index (χ0v) is 15.6. The minimum atomic E-state index is -0.321. The second-order valence-electron chi connectivity index (χ2n) is 6.70. The van der Waals surface area contributed by atoms with Crippen molar-refractivity contribution in [2.24, 2.45) is 11.8 Å². The van der Waals surface area contributed by atoms with Crippen LogP contribution in [0.2, 0.25) is 0 Å². The van der Waals surface area contributed by atoms with Crippen molar-refractivity contribution in [2.45, 2.75) is 52.5 Å². The van der Waals surface area contributed by atoms with E-state index in [2.05, 4.69) is 10.6 Å². The molecule has 0 aliphatic heterocycles. The first-order valence-corrected chi connectivity index (χ1v) is 9.19. The number of rotatable bonds is 11. The summed E-state index contributed by atoms with van der Waals surface area (Å²) in [6.07, 6.45) is 3.26. The monoisotopic (exact) mass is 356 g/mol. The van der Waals surface area contributed by atoms with E-state index in [1.165, 1.54) is 0 Å². The zero-order chi connectivity index (χ0) is 18.7. The molecule has 0 unspecified atom stereocenters. The average molecular weight is 356 g/mol. The van der Waals surface area contributed by atoms with E-state index in [-0.39, 0.29) is 42.8 Å². The number of hydrogen-bond acceptors (Lipinski definition) is 5. The maximum atomic E-state index is 12.0. The van der Waals surface area contributed by atoms with Crippen LogP contribution in [0.15, 0.2) is 0 Å². The number of amides is 2. The summed E-state index contributed by atoms with van der Waals surface area (Å²) in [5, 5.41) is 5.46. The number of ketones is 1. The van der Waals surface area contributed by atoms with Crippen LogP contribution in [0.4, 0.5) is 0 Å². The van der Waals surface area contributed by atoms with Gasteiger partial charge in [-0.3, -0.25) is 14.4 Å². The van der Waals surface area contributed by atoms with Gasteiger partial charge in [-0.05, 0) is 32.6 Å². The molecule has 1 fully saturated rings. The van der Waals surface area contributed by atoms with Crippen LogP contribution in [-0.4, -0.2) is 56.6 Å². The molecule has 0 bridgehead atoms. The van der Waals surface area contributed by atoms with Gasteiger partial charge >= 0.3 is 0 Å². The maximum absolute atomic E-state index is 12.0. The average Bonchev–Trinajstić information content (AvgIpc) is 2.59. The molecule has 144 valence electrons. The van der Waals surface area contributed by atoms with Gasteiger partial charge in [0.2, 0.25) is 11.8 Å². The van der Waals surface area contributed by atoms with Gasteiger partial charge in [0.05, 0.1) is 19.8 Å². The Morgan fingerprint density at radius 3 is 2.24 bits per heavy atom. The van der Waals surface area contributed by atoms with Crippen molar-refractivity contribution in [3.05, 3.63) is 0 Å². The van der Waals surface area contributed by atoms with E-state index >= 15 is 0 Å². The second-order valence-corrected chi connectivity index (χ2v) is 6.70. The van der Waals surface area contributed by atoms with Crippen LogP contribution in [0.5, 0.6) is 0 Å². The molecule has 1 aliphatic rings. The van der Waals surface area contributed by atoms with Crippen LogP contribution >= 0.6 is 0 Å². The van der Waals surface area contributed by atoms with E-state index < -0.39 is 0 Å². The summed E-state index contributed by atoms with van der Waals surface area (Å²) in [5.41, 5.74) is 0. The summed E-state index contributed by atoms with van der Waals surface area (Å²) < 4.78 is 10.2. The third kappa shape index (κ3) is 8.97. The van der Waals surface area contributed by atoms with Crippen LogP contribution < -0.4 is 10.6 Å². The largest absolute Gasteiger partial charge is 0.379 e. The topological polar surface area (TPSA) is 93.7 Å². The molecule has 0 spiro atoms. The molecule has 0 aromatic heterocycles. The van der Waals surface area contributed by atoms with Crippen LogP contribution in [0.25, 0.3) is 0 Å². The Morgan fingerprint density at radius 2 is 1.64 bits per heavy atom. The molecule has 0 atom stereocenters. The van der Waals surface area contributed by atoms with Gasteiger partial charge in [0.25, 0.3) is 0 Å². The lowest BCUT2D eigenvalue weighted by Crippen LogP contribution is -2.44. The number of Topliss-reactive ketones (excluding diaryl/α,β-unsaturated/α-hetero) is 1.